The number of carbonyl (C=O) groups excluding carboxylic acids is 1. The third kappa shape index (κ3) is 5.39. The fourth-order valence-electron chi connectivity index (χ4n) is 2.23. The van der Waals surface area contributed by atoms with Crippen LogP contribution in [0.1, 0.15) is 16.1 Å². The molecule has 0 atom stereocenters. The molecule has 1 aromatic carbocycles. The smallest absolute Gasteiger partial charge is 0.358 e. The number of hydrogen-bond donors (Lipinski definition) is 2. The molecule has 150 valence electrons. The predicted octanol–water partition coefficient (Wildman–Crippen LogP) is 1.99. The van der Waals surface area contributed by atoms with Crippen LogP contribution in [0.15, 0.2) is 48.9 Å². The van der Waals surface area contributed by atoms with Crippen molar-refractivity contribution in [1.82, 2.24) is 19.9 Å². The van der Waals surface area contributed by atoms with Crippen LogP contribution >= 0.6 is 12.2 Å². The molecule has 2 N–H and O–H groups in total. The monoisotopic (exact) mass is 414 g/mol. The number of thiocarbonyl (C=S) groups is 1. The standard InChI is InChI=1S/C18H18N6O4S/c1-26-13-5-3-12(4-6-13)11-28-16-10-19-15(9-20-16)22-18(29)23-24-14(7-8-21-24)17(25)27-2/h3-10H,11H2,1-2H3,(H2,19,22,23,29). The van der Waals surface area contributed by atoms with Gasteiger partial charge in [-0.25, -0.2) is 14.8 Å². The average molecular weight is 414 g/mol. The van der Waals surface area contributed by atoms with Crippen molar-refractivity contribution in [2.75, 3.05) is 25.0 Å². The van der Waals surface area contributed by atoms with Gasteiger partial charge in [0.2, 0.25) is 5.88 Å². The molecule has 3 rings (SSSR count). The minimum Gasteiger partial charge on any atom is -0.497 e. The number of rotatable bonds is 7. The molecule has 0 amide bonds. The quantitative estimate of drug-likeness (QED) is 0.440. The van der Waals surface area contributed by atoms with Crippen molar-refractivity contribution in [2.24, 2.45) is 0 Å². The summed E-state index contributed by atoms with van der Waals surface area (Å²) in [5.74, 6) is 0.995. The van der Waals surface area contributed by atoms with Gasteiger partial charge in [0.15, 0.2) is 16.6 Å². The second-order valence-electron chi connectivity index (χ2n) is 5.56. The van der Waals surface area contributed by atoms with Gasteiger partial charge in [0.1, 0.15) is 12.4 Å². The van der Waals surface area contributed by atoms with Gasteiger partial charge in [-0.05, 0) is 36.0 Å². The van der Waals surface area contributed by atoms with Crippen LogP contribution in [0.3, 0.4) is 0 Å². The maximum atomic E-state index is 11.6. The van der Waals surface area contributed by atoms with E-state index in [9.17, 15) is 4.79 Å². The van der Waals surface area contributed by atoms with E-state index >= 15 is 0 Å². The summed E-state index contributed by atoms with van der Waals surface area (Å²) >= 11 is 5.19. The highest BCUT2D eigenvalue weighted by Crippen LogP contribution is 2.14. The fourth-order valence-corrected chi connectivity index (χ4v) is 2.42. The number of benzene rings is 1. The molecule has 2 heterocycles. The van der Waals surface area contributed by atoms with Crippen LogP contribution in [0.2, 0.25) is 0 Å². The number of ether oxygens (including phenoxy) is 3. The van der Waals surface area contributed by atoms with Gasteiger partial charge >= 0.3 is 5.97 Å². The Balaban J connectivity index is 1.52. The molecule has 2 aromatic heterocycles. The van der Waals surface area contributed by atoms with Gasteiger partial charge in [0.05, 0.1) is 32.8 Å². The highest BCUT2D eigenvalue weighted by molar-refractivity contribution is 7.80. The Hall–Kier alpha value is -3.73. The summed E-state index contributed by atoms with van der Waals surface area (Å²) in [5, 5.41) is 6.97. The summed E-state index contributed by atoms with van der Waals surface area (Å²) < 4.78 is 15.4. The Labute approximate surface area is 171 Å². The number of hydrogen-bond acceptors (Lipinski definition) is 8. The van der Waals surface area contributed by atoms with Crippen LogP contribution in [0.4, 0.5) is 5.82 Å². The molecule has 11 heteroatoms. The predicted molar refractivity (Wildman–Crippen MR) is 109 cm³/mol. The number of esters is 1. The van der Waals surface area contributed by atoms with Crippen LogP contribution in [0.25, 0.3) is 0 Å². The van der Waals surface area contributed by atoms with Crippen molar-refractivity contribution in [1.29, 1.82) is 0 Å². The van der Waals surface area contributed by atoms with Crippen molar-refractivity contribution in [3.63, 3.8) is 0 Å². The van der Waals surface area contributed by atoms with Crippen molar-refractivity contribution in [3.05, 3.63) is 60.2 Å². The zero-order valence-corrected chi connectivity index (χ0v) is 16.5. The lowest BCUT2D eigenvalue weighted by Crippen LogP contribution is -2.31. The lowest BCUT2D eigenvalue weighted by Gasteiger charge is -2.11. The van der Waals surface area contributed by atoms with E-state index in [2.05, 4.69) is 30.5 Å². The third-order valence-corrected chi connectivity index (χ3v) is 3.85. The Morgan fingerprint density at radius 3 is 2.59 bits per heavy atom. The molecule has 0 fully saturated rings. The van der Waals surface area contributed by atoms with E-state index in [1.807, 2.05) is 24.3 Å². The molecule has 0 aliphatic heterocycles. The summed E-state index contributed by atoms with van der Waals surface area (Å²) in [6.07, 6.45) is 4.39. The third-order valence-electron chi connectivity index (χ3n) is 3.66. The maximum absolute atomic E-state index is 11.6. The van der Waals surface area contributed by atoms with Crippen LogP contribution < -0.4 is 20.2 Å². The van der Waals surface area contributed by atoms with Gasteiger partial charge in [0, 0.05) is 0 Å². The highest BCUT2D eigenvalue weighted by Gasteiger charge is 2.13. The molecule has 0 unspecified atom stereocenters. The molecule has 0 aliphatic rings. The minimum absolute atomic E-state index is 0.167. The largest absolute Gasteiger partial charge is 0.497 e. The zero-order chi connectivity index (χ0) is 20.6. The van der Waals surface area contributed by atoms with Crippen molar-refractivity contribution in [3.8, 4) is 11.6 Å². The summed E-state index contributed by atoms with van der Waals surface area (Å²) in [5.41, 5.74) is 3.91. The fraction of sp³-hybridized carbons (Fsp3) is 0.167. The number of carbonyl (C=O) groups is 1. The summed E-state index contributed by atoms with van der Waals surface area (Å²) in [4.78, 5) is 21.2. The van der Waals surface area contributed by atoms with E-state index in [-0.39, 0.29) is 10.8 Å². The first-order valence-corrected chi connectivity index (χ1v) is 8.78. The molecular weight excluding hydrogens is 396 g/mol. The maximum Gasteiger partial charge on any atom is 0.358 e. The zero-order valence-electron chi connectivity index (χ0n) is 15.7. The Bertz CT molecular complexity index is 975. The van der Waals surface area contributed by atoms with Crippen LogP contribution in [-0.4, -0.2) is 45.2 Å². The Morgan fingerprint density at radius 1 is 1.14 bits per heavy atom. The molecule has 0 spiro atoms. The van der Waals surface area contributed by atoms with E-state index in [1.54, 1.807) is 7.11 Å². The van der Waals surface area contributed by atoms with Gasteiger partial charge in [-0.2, -0.15) is 9.89 Å². The first kappa shape index (κ1) is 20.0. The Kier molecular flexibility index (Phi) is 6.53. The second kappa shape index (κ2) is 9.46. The molecule has 0 radical (unpaired) electrons. The van der Waals surface area contributed by atoms with Crippen molar-refractivity contribution < 1.29 is 19.0 Å². The van der Waals surface area contributed by atoms with Crippen LogP contribution in [-0.2, 0) is 11.3 Å². The van der Waals surface area contributed by atoms with Gasteiger partial charge in [0.25, 0.3) is 0 Å². The molecule has 10 nitrogen and oxygen atoms in total. The molecular formula is C18H18N6O4S. The lowest BCUT2D eigenvalue weighted by atomic mass is 10.2. The summed E-state index contributed by atoms with van der Waals surface area (Å²) in [7, 11) is 2.90. The van der Waals surface area contributed by atoms with Crippen molar-refractivity contribution >= 4 is 29.1 Å². The summed E-state index contributed by atoms with van der Waals surface area (Å²) in [6.45, 7) is 0.348. The first-order valence-electron chi connectivity index (χ1n) is 8.37. The van der Waals surface area contributed by atoms with Crippen LogP contribution in [0, 0.1) is 0 Å². The van der Waals surface area contributed by atoms with E-state index in [4.69, 9.17) is 21.7 Å². The number of nitrogens with zero attached hydrogens (tertiary/aromatic N) is 4. The van der Waals surface area contributed by atoms with Crippen LogP contribution in [0.5, 0.6) is 11.6 Å². The van der Waals surface area contributed by atoms with Gasteiger partial charge in [-0.15, -0.1) is 0 Å². The topological polar surface area (TPSA) is 112 Å². The SMILES string of the molecule is COC(=O)c1ccnn1NC(=S)Nc1cnc(OCc2ccc(OC)cc2)cn1. The van der Waals surface area contributed by atoms with Crippen molar-refractivity contribution in [2.45, 2.75) is 6.61 Å². The number of methoxy groups -OCH3 is 2. The van der Waals surface area contributed by atoms with E-state index < -0.39 is 5.97 Å². The highest BCUT2D eigenvalue weighted by atomic mass is 32.1. The minimum atomic E-state index is -0.545. The summed E-state index contributed by atoms with van der Waals surface area (Å²) in [6, 6.07) is 9.03. The van der Waals surface area contributed by atoms with Gasteiger partial charge in [-0.3, -0.25) is 5.43 Å². The molecule has 3 aromatic rings. The lowest BCUT2D eigenvalue weighted by molar-refractivity contribution is 0.0589. The van der Waals surface area contributed by atoms with Gasteiger partial charge in [-0.1, -0.05) is 12.1 Å². The van der Waals surface area contributed by atoms with Gasteiger partial charge < -0.3 is 19.5 Å². The van der Waals surface area contributed by atoms with E-state index in [0.717, 1.165) is 11.3 Å². The number of nitrogens with one attached hydrogen (secondary N) is 2. The molecule has 0 aliphatic carbocycles. The second-order valence-corrected chi connectivity index (χ2v) is 5.97. The normalized spacial score (nSPS) is 10.1. The average Bonchev–Trinajstić information content (AvgIpc) is 3.21. The first-order chi connectivity index (χ1) is 14.1. The number of anilines is 1. The molecule has 29 heavy (non-hydrogen) atoms. The molecule has 0 saturated carbocycles. The molecule has 0 bridgehead atoms. The Morgan fingerprint density at radius 2 is 1.93 bits per heavy atom. The van der Waals surface area contributed by atoms with E-state index in [1.165, 1.54) is 36.6 Å². The number of aromatic nitrogens is 4. The van der Waals surface area contributed by atoms with E-state index in [0.29, 0.717) is 18.3 Å². The molecule has 0 saturated heterocycles.